The van der Waals surface area contributed by atoms with E-state index in [1.54, 1.807) is 6.92 Å². The Hall–Kier alpha value is -2.31. The van der Waals surface area contributed by atoms with Gasteiger partial charge in [-0.15, -0.1) is 0 Å². The van der Waals surface area contributed by atoms with E-state index in [1.165, 1.54) is 0 Å². The number of methoxy groups -OCH3 is 2. The van der Waals surface area contributed by atoms with Gasteiger partial charge >= 0.3 is 17.9 Å². The quantitative estimate of drug-likeness (QED) is 0.621. The molecule has 1 aliphatic rings. The lowest BCUT2D eigenvalue weighted by Crippen LogP contribution is -2.23. The molecule has 1 aliphatic carbocycles. The predicted octanol–water partition coefficient (Wildman–Crippen LogP) is 1.58. The number of hydrogen-bond donors (Lipinski definition) is 1. The van der Waals surface area contributed by atoms with Crippen LogP contribution >= 0.6 is 0 Å². The second-order valence-electron chi connectivity index (χ2n) is 4.59. The van der Waals surface area contributed by atoms with Crippen molar-refractivity contribution in [2.24, 2.45) is 0 Å². The van der Waals surface area contributed by atoms with Crippen molar-refractivity contribution >= 4 is 17.9 Å². The number of aliphatic hydroxyl groups excluding tert-OH is 1. The number of hydrogen-bond acceptors (Lipinski definition) is 7. The minimum atomic E-state index is -0.901. The first-order valence-electron chi connectivity index (χ1n) is 6.97. The molecule has 1 rings (SSSR count). The lowest BCUT2D eigenvalue weighted by Gasteiger charge is -2.18. The Kier molecular flexibility index (Phi) is 6.62. The Morgan fingerprint density at radius 2 is 1.50 bits per heavy atom. The van der Waals surface area contributed by atoms with Gasteiger partial charge in [0.15, 0.2) is 0 Å². The molecule has 7 nitrogen and oxygen atoms in total. The molecule has 0 spiro atoms. The van der Waals surface area contributed by atoms with E-state index < -0.39 is 17.9 Å². The summed E-state index contributed by atoms with van der Waals surface area (Å²) in [5.41, 5.74) is -0.609. The summed E-state index contributed by atoms with van der Waals surface area (Å²) in [5.74, 6) is -2.80. The number of carbonyl (C=O) groups excluding carboxylic acids is 3. The second-order valence-corrected chi connectivity index (χ2v) is 4.59. The maximum Gasteiger partial charge on any atom is 0.342 e. The fourth-order valence-corrected chi connectivity index (χ4v) is 2.21. The van der Waals surface area contributed by atoms with Crippen molar-refractivity contribution in [2.45, 2.75) is 32.6 Å². The van der Waals surface area contributed by atoms with E-state index in [2.05, 4.69) is 9.47 Å². The smallest absolute Gasteiger partial charge is 0.342 e. The monoisotopic (exact) mass is 312 g/mol. The molecule has 0 aliphatic heterocycles. The molecular weight excluding hydrogens is 292 g/mol. The molecule has 0 heterocycles. The zero-order chi connectivity index (χ0) is 16.7. The molecule has 0 fully saturated rings. The molecular formula is C15H20O7. The normalized spacial score (nSPS) is 22.3. The number of aliphatic hydroxyl groups is 1. The average molecular weight is 312 g/mol. The molecule has 0 aromatic heterocycles. The molecule has 0 amide bonds. The number of carbonyl (C=O) groups is 3. The summed E-state index contributed by atoms with van der Waals surface area (Å²) in [6.45, 7) is 1.76. The van der Waals surface area contributed by atoms with Gasteiger partial charge in [-0.1, -0.05) is 0 Å². The largest absolute Gasteiger partial charge is 0.511 e. The van der Waals surface area contributed by atoms with Crippen LogP contribution in [0.5, 0.6) is 0 Å². The summed E-state index contributed by atoms with van der Waals surface area (Å²) in [6, 6.07) is 0. The Morgan fingerprint density at radius 1 is 0.955 bits per heavy atom. The fourth-order valence-electron chi connectivity index (χ4n) is 2.21. The summed E-state index contributed by atoms with van der Waals surface area (Å²) in [7, 11) is 2.25. The molecule has 0 radical (unpaired) electrons. The van der Waals surface area contributed by atoms with Crippen molar-refractivity contribution in [3.8, 4) is 0 Å². The summed E-state index contributed by atoms with van der Waals surface area (Å²) in [4.78, 5) is 36.2. The van der Waals surface area contributed by atoms with Crippen LogP contribution in [0.25, 0.3) is 0 Å². The Balaban J connectivity index is 3.58. The van der Waals surface area contributed by atoms with E-state index in [-0.39, 0.29) is 41.9 Å². The Bertz CT molecular complexity index is 528. The van der Waals surface area contributed by atoms with E-state index in [1.807, 2.05) is 0 Å². The average Bonchev–Trinajstić information content (AvgIpc) is 2.49. The van der Waals surface area contributed by atoms with Gasteiger partial charge in [0, 0.05) is 6.42 Å². The van der Waals surface area contributed by atoms with Gasteiger partial charge in [0.05, 0.1) is 32.0 Å². The van der Waals surface area contributed by atoms with E-state index in [4.69, 9.17) is 4.74 Å². The van der Waals surface area contributed by atoms with Crippen molar-refractivity contribution in [2.75, 3.05) is 20.8 Å². The van der Waals surface area contributed by atoms with Gasteiger partial charge in [0.1, 0.15) is 11.3 Å². The Labute approximate surface area is 128 Å². The highest BCUT2D eigenvalue weighted by Gasteiger charge is 2.33. The molecule has 0 aromatic carbocycles. The van der Waals surface area contributed by atoms with Gasteiger partial charge in [0.25, 0.3) is 0 Å². The highest BCUT2D eigenvalue weighted by Crippen LogP contribution is 2.29. The second kappa shape index (κ2) is 8.21. The van der Waals surface area contributed by atoms with Crippen LogP contribution in [0.15, 0.2) is 22.5 Å². The van der Waals surface area contributed by atoms with Gasteiger partial charge in [-0.3, -0.25) is 0 Å². The SMILES string of the molecule is CCOC(=O)/C1=C(C(=O)OC)/C(C(=O)OC)=C(/O)CCCC1. The third-order valence-electron chi connectivity index (χ3n) is 3.23. The third kappa shape index (κ3) is 3.87. The number of ether oxygens (including phenoxy) is 3. The highest BCUT2D eigenvalue weighted by molar-refractivity contribution is 6.12. The molecule has 7 heteroatoms. The van der Waals surface area contributed by atoms with Crippen LogP contribution in [-0.2, 0) is 28.6 Å². The fraction of sp³-hybridized carbons (Fsp3) is 0.533. The minimum Gasteiger partial charge on any atom is -0.511 e. The molecule has 0 atom stereocenters. The van der Waals surface area contributed by atoms with Crippen molar-refractivity contribution < 1.29 is 33.7 Å². The van der Waals surface area contributed by atoms with Gasteiger partial charge in [-0.25, -0.2) is 14.4 Å². The lowest BCUT2D eigenvalue weighted by molar-refractivity contribution is -0.141. The number of allylic oxidation sites excluding steroid dienone is 1. The molecule has 0 unspecified atom stereocenters. The lowest BCUT2D eigenvalue weighted by atomic mass is 9.91. The minimum absolute atomic E-state index is 0.0142. The van der Waals surface area contributed by atoms with E-state index in [0.29, 0.717) is 12.8 Å². The molecule has 22 heavy (non-hydrogen) atoms. The maximum atomic E-state index is 12.1. The molecule has 1 N–H and O–H groups in total. The van der Waals surface area contributed by atoms with Crippen molar-refractivity contribution in [3.05, 3.63) is 22.5 Å². The van der Waals surface area contributed by atoms with Crippen LogP contribution in [0.3, 0.4) is 0 Å². The van der Waals surface area contributed by atoms with Gasteiger partial charge < -0.3 is 19.3 Å². The van der Waals surface area contributed by atoms with Crippen LogP contribution in [0.1, 0.15) is 32.6 Å². The van der Waals surface area contributed by atoms with Crippen LogP contribution in [0, 0.1) is 0 Å². The first kappa shape index (κ1) is 17.7. The highest BCUT2D eigenvalue weighted by atomic mass is 16.5. The van der Waals surface area contributed by atoms with Gasteiger partial charge in [-0.2, -0.15) is 0 Å². The predicted molar refractivity (Wildman–Crippen MR) is 75.8 cm³/mol. The van der Waals surface area contributed by atoms with Crippen molar-refractivity contribution in [1.29, 1.82) is 0 Å². The molecule has 0 saturated heterocycles. The van der Waals surface area contributed by atoms with E-state index in [0.717, 1.165) is 14.2 Å². The molecule has 0 aromatic rings. The topological polar surface area (TPSA) is 99.1 Å². The number of rotatable bonds is 4. The van der Waals surface area contributed by atoms with Gasteiger partial charge in [0.2, 0.25) is 0 Å². The van der Waals surface area contributed by atoms with E-state index in [9.17, 15) is 19.5 Å². The van der Waals surface area contributed by atoms with E-state index >= 15 is 0 Å². The standard InChI is InChI=1S/C15H20O7/c1-4-22-13(17)9-7-5-6-8-10(16)12(15(19)21-3)11(9)14(18)20-2/h16H,4-8H2,1-3H3/b11-9-,12-10-. The van der Waals surface area contributed by atoms with Crippen LogP contribution < -0.4 is 0 Å². The summed E-state index contributed by atoms with van der Waals surface area (Å²) < 4.78 is 14.2. The van der Waals surface area contributed by atoms with Crippen LogP contribution in [0.2, 0.25) is 0 Å². The first-order chi connectivity index (χ1) is 10.5. The summed E-state index contributed by atoms with van der Waals surface area (Å²) in [6.07, 6.45) is 1.58. The zero-order valence-corrected chi connectivity index (χ0v) is 12.9. The van der Waals surface area contributed by atoms with Crippen LogP contribution in [0.4, 0.5) is 0 Å². The van der Waals surface area contributed by atoms with Crippen LogP contribution in [-0.4, -0.2) is 43.8 Å². The number of esters is 3. The summed E-state index contributed by atoms with van der Waals surface area (Å²) in [5, 5.41) is 10.1. The maximum absolute atomic E-state index is 12.1. The third-order valence-corrected chi connectivity index (χ3v) is 3.23. The zero-order valence-electron chi connectivity index (χ0n) is 12.9. The molecule has 122 valence electrons. The molecule has 0 bridgehead atoms. The van der Waals surface area contributed by atoms with Gasteiger partial charge in [-0.05, 0) is 26.2 Å². The van der Waals surface area contributed by atoms with Crippen molar-refractivity contribution in [3.63, 3.8) is 0 Å². The first-order valence-corrected chi connectivity index (χ1v) is 6.97. The molecule has 0 saturated carbocycles. The van der Waals surface area contributed by atoms with Crippen molar-refractivity contribution in [1.82, 2.24) is 0 Å². The summed E-state index contributed by atoms with van der Waals surface area (Å²) >= 11 is 0. The Morgan fingerprint density at radius 3 is 2.05 bits per heavy atom.